The van der Waals surface area contributed by atoms with Gasteiger partial charge >= 0.3 is 0 Å². The number of sulfonamides is 1. The van der Waals surface area contributed by atoms with Crippen LogP contribution in [0.25, 0.3) is 0 Å². The molecule has 37 heavy (non-hydrogen) atoms. The van der Waals surface area contributed by atoms with Crippen LogP contribution in [0.15, 0.2) is 112 Å². The summed E-state index contributed by atoms with van der Waals surface area (Å²) < 4.78 is 34.0. The fourth-order valence-corrected chi connectivity index (χ4v) is 5.50. The molecule has 0 saturated heterocycles. The van der Waals surface area contributed by atoms with Crippen molar-refractivity contribution < 1.29 is 22.9 Å². The topological polar surface area (TPSA) is 128 Å². The molecule has 0 aliphatic rings. The maximum atomic E-state index is 13.6. The molecule has 9 nitrogen and oxygen atoms in total. The molecule has 0 spiro atoms. The van der Waals surface area contributed by atoms with Gasteiger partial charge in [-0.15, -0.1) is 0 Å². The number of non-ortho nitro benzene ring substituents is 1. The van der Waals surface area contributed by atoms with E-state index in [4.69, 9.17) is 4.74 Å². The third-order valence-electron chi connectivity index (χ3n) is 5.18. The Morgan fingerprint density at radius 3 is 2.19 bits per heavy atom. The van der Waals surface area contributed by atoms with Crippen LogP contribution in [0.4, 0.5) is 17.1 Å². The van der Waals surface area contributed by atoms with E-state index in [0.717, 1.165) is 0 Å². The fraction of sp³-hybridized carbons (Fsp3) is 0.0385. The number of benzene rings is 4. The zero-order valence-electron chi connectivity index (χ0n) is 19.5. The Morgan fingerprint density at radius 1 is 0.865 bits per heavy atom. The number of rotatable bonds is 9. The number of hydrogen-bond donors (Lipinski definition) is 2. The second-order valence-electron chi connectivity index (χ2n) is 7.60. The molecule has 0 heterocycles. The van der Waals surface area contributed by atoms with E-state index in [1.807, 2.05) is 0 Å². The largest absolute Gasteiger partial charge is 0.495 e. The minimum Gasteiger partial charge on any atom is -0.495 e. The predicted octanol–water partition coefficient (Wildman–Crippen LogP) is 5.81. The summed E-state index contributed by atoms with van der Waals surface area (Å²) >= 11 is 1.17. The summed E-state index contributed by atoms with van der Waals surface area (Å²) in [5, 5.41) is 13.8. The van der Waals surface area contributed by atoms with Crippen LogP contribution in [0.5, 0.6) is 5.75 Å². The minimum atomic E-state index is -4.00. The molecule has 188 valence electrons. The molecule has 0 aromatic heterocycles. The maximum absolute atomic E-state index is 13.6. The summed E-state index contributed by atoms with van der Waals surface area (Å²) in [4.78, 5) is 25.2. The molecule has 4 aromatic carbocycles. The van der Waals surface area contributed by atoms with Crippen LogP contribution < -0.4 is 14.8 Å². The normalized spacial score (nSPS) is 10.9. The molecule has 0 atom stereocenters. The van der Waals surface area contributed by atoms with Gasteiger partial charge in [-0.25, -0.2) is 8.42 Å². The second kappa shape index (κ2) is 11.1. The van der Waals surface area contributed by atoms with Crippen molar-refractivity contribution in [1.82, 2.24) is 0 Å². The minimum absolute atomic E-state index is 0.0412. The van der Waals surface area contributed by atoms with Crippen molar-refractivity contribution in [3.05, 3.63) is 113 Å². The monoisotopic (exact) mass is 535 g/mol. The first-order valence-electron chi connectivity index (χ1n) is 10.9. The summed E-state index contributed by atoms with van der Waals surface area (Å²) in [7, 11) is -2.52. The zero-order chi connectivity index (χ0) is 26.4. The molecule has 2 N–H and O–H groups in total. The van der Waals surface area contributed by atoms with Gasteiger partial charge in [0.1, 0.15) is 5.75 Å². The third-order valence-corrected chi connectivity index (χ3v) is 7.63. The van der Waals surface area contributed by atoms with Crippen LogP contribution in [0.1, 0.15) is 10.4 Å². The van der Waals surface area contributed by atoms with Gasteiger partial charge in [-0.1, -0.05) is 48.2 Å². The molecule has 0 saturated carbocycles. The number of carbonyl (C=O) groups is 1. The molecule has 0 bridgehead atoms. The Morgan fingerprint density at radius 2 is 1.51 bits per heavy atom. The highest BCUT2D eigenvalue weighted by molar-refractivity contribution is 7.99. The summed E-state index contributed by atoms with van der Waals surface area (Å²) in [5.41, 5.74) is 0.490. The van der Waals surface area contributed by atoms with E-state index in [0.29, 0.717) is 21.2 Å². The number of hydrogen-bond acceptors (Lipinski definition) is 7. The highest BCUT2D eigenvalue weighted by atomic mass is 32.2. The van der Waals surface area contributed by atoms with Gasteiger partial charge in [-0.3, -0.25) is 19.6 Å². The average Bonchev–Trinajstić information content (AvgIpc) is 2.89. The van der Waals surface area contributed by atoms with Crippen LogP contribution >= 0.6 is 11.8 Å². The lowest BCUT2D eigenvalue weighted by molar-refractivity contribution is -0.384. The molecule has 1 amide bonds. The van der Waals surface area contributed by atoms with Crippen molar-refractivity contribution in [2.75, 3.05) is 17.1 Å². The van der Waals surface area contributed by atoms with E-state index in [1.54, 1.807) is 66.7 Å². The number of methoxy groups -OCH3 is 1. The Labute approximate surface area is 217 Å². The first-order valence-corrected chi connectivity index (χ1v) is 13.2. The Hall–Kier alpha value is -4.35. The number of para-hydroxylation sites is 2. The number of nitrogens with one attached hydrogen (secondary N) is 2. The number of amides is 1. The van der Waals surface area contributed by atoms with E-state index in [9.17, 15) is 23.3 Å². The summed E-state index contributed by atoms with van der Waals surface area (Å²) in [6.07, 6.45) is 0. The first-order chi connectivity index (χ1) is 17.8. The number of anilines is 2. The summed E-state index contributed by atoms with van der Waals surface area (Å²) in [5.74, 6) is -0.136. The fourth-order valence-electron chi connectivity index (χ4n) is 3.43. The van der Waals surface area contributed by atoms with E-state index in [1.165, 1.54) is 49.2 Å². The van der Waals surface area contributed by atoms with E-state index < -0.39 is 20.9 Å². The molecular formula is C26H21N3O6S2. The van der Waals surface area contributed by atoms with Gasteiger partial charge in [-0.2, -0.15) is 0 Å². The zero-order valence-corrected chi connectivity index (χ0v) is 21.1. The lowest BCUT2D eigenvalue weighted by Gasteiger charge is -2.17. The van der Waals surface area contributed by atoms with Crippen molar-refractivity contribution >= 4 is 44.8 Å². The summed E-state index contributed by atoms with van der Waals surface area (Å²) in [6.45, 7) is 0. The van der Waals surface area contributed by atoms with Crippen LogP contribution in [0.2, 0.25) is 0 Å². The molecule has 11 heteroatoms. The first kappa shape index (κ1) is 25.7. The molecule has 0 aliphatic heterocycles. The number of carbonyl (C=O) groups excluding carboxylic acids is 1. The number of ether oxygens (including phenoxy) is 1. The van der Waals surface area contributed by atoms with Gasteiger partial charge < -0.3 is 10.1 Å². The Balaban J connectivity index is 1.76. The van der Waals surface area contributed by atoms with E-state index in [2.05, 4.69) is 10.0 Å². The molecule has 0 aliphatic carbocycles. The second-order valence-corrected chi connectivity index (χ2v) is 10.4. The van der Waals surface area contributed by atoms with Crippen LogP contribution in [0.3, 0.4) is 0 Å². The van der Waals surface area contributed by atoms with Gasteiger partial charge in [-0.05, 0) is 48.5 Å². The lowest BCUT2D eigenvalue weighted by Crippen LogP contribution is -2.19. The van der Waals surface area contributed by atoms with Crippen LogP contribution in [-0.2, 0) is 10.0 Å². The number of nitrogens with zero attached hydrogens (tertiary/aromatic N) is 1. The lowest BCUT2D eigenvalue weighted by atomic mass is 10.1. The number of nitro benzene ring substituents is 1. The van der Waals surface area contributed by atoms with E-state index in [-0.39, 0.29) is 21.8 Å². The molecule has 4 aromatic rings. The molecular weight excluding hydrogens is 514 g/mol. The number of nitro groups is 1. The van der Waals surface area contributed by atoms with Crippen LogP contribution in [0, 0.1) is 10.1 Å². The Kier molecular flexibility index (Phi) is 7.75. The van der Waals surface area contributed by atoms with Crippen LogP contribution in [-0.4, -0.2) is 26.4 Å². The highest BCUT2D eigenvalue weighted by Crippen LogP contribution is 2.36. The standard InChI is InChI=1S/C26H21N3O6S2/c1-35-23-12-6-5-10-21(23)27-26(30)25-22(28-37(33,34)20-8-3-2-4-9-20)11-7-13-24(25)36-19-16-14-18(15-17-19)29(31)32/h2-17,28H,1H3,(H,27,30). The summed E-state index contributed by atoms with van der Waals surface area (Å²) in [6, 6.07) is 25.3. The highest BCUT2D eigenvalue weighted by Gasteiger charge is 2.23. The van der Waals surface area contributed by atoms with Crippen molar-refractivity contribution in [3.8, 4) is 5.75 Å². The Bertz CT molecular complexity index is 1540. The van der Waals surface area contributed by atoms with Crippen molar-refractivity contribution in [2.24, 2.45) is 0 Å². The molecule has 0 fully saturated rings. The van der Waals surface area contributed by atoms with Gasteiger partial charge in [0.25, 0.3) is 21.6 Å². The third kappa shape index (κ3) is 6.08. The molecule has 0 unspecified atom stereocenters. The van der Waals surface area contributed by atoms with Crippen molar-refractivity contribution in [3.63, 3.8) is 0 Å². The quantitative estimate of drug-likeness (QED) is 0.205. The van der Waals surface area contributed by atoms with Gasteiger partial charge in [0.15, 0.2) is 0 Å². The average molecular weight is 536 g/mol. The predicted molar refractivity (Wildman–Crippen MR) is 142 cm³/mol. The van der Waals surface area contributed by atoms with Crippen molar-refractivity contribution in [2.45, 2.75) is 14.7 Å². The van der Waals surface area contributed by atoms with Gasteiger partial charge in [0.05, 0.1) is 33.9 Å². The molecule has 0 radical (unpaired) electrons. The molecule has 4 rings (SSSR count). The van der Waals surface area contributed by atoms with Gasteiger partial charge in [0.2, 0.25) is 0 Å². The maximum Gasteiger partial charge on any atom is 0.269 e. The smallest absolute Gasteiger partial charge is 0.269 e. The SMILES string of the molecule is COc1ccccc1NC(=O)c1c(NS(=O)(=O)c2ccccc2)cccc1Sc1ccc([N+](=O)[O-])cc1. The van der Waals surface area contributed by atoms with E-state index >= 15 is 0 Å². The van der Waals surface area contributed by atoms with Crippen molar-refractivity contribution in [1.29, 1.82) is 0 Å². The van der Waals surface area contributed by atoms with Gasteiger partial charge in [0, 0.05) is 21.9 Å².